The Morgan fingerprint density at radius 2 is 2.00 bits per heavy atom. The van der Waals surface area contributed by atoms with Crippen molar-refractivity contribution in [2.24, 2.45) is 0 Å². The summed E-state index contributed by atoms with van der Waals surface area (Å²) >= 11 is 5.60. The molecule has 0 amide bonds. The van der Waals surface area contributed by atoms with Crippen LogP contribution in [-0.2, 0) is 16.4 Å². The molecule has 0 bridgehead atoms. The summed E-state index contributed by atoms with van der Waals surface area (Å²) in [6.45, 7) is 0.213. The van der Waals surface area contributed by atoms with E-state index >= 15 is 0 Å². The topological polar surface area (TPSA) is 55.4 Å². The molecule has 22 heavy (non-hydrogen) atoms. The molecule has 0 aliphatic carbocycles. The van der Waals surface area contributed by atoms with E-state index in [0.717, 1.165) is 17.7 Å². The standard InChI is InChI=1S/C15H15ClFNO3S/c1-21-12-4-2-3-11(9-12)7-8-18-22(19,20)13-5-6-15(17)14(16)10-13/h2-6,9-10,18H,7-8H2,1H3. The fourth-order valence-corrected chi connectivity index (χ4v) is 3.19. The first-order valence-electron chi connectivity index (χ1n) is 6.50. The second-order valence-corrected chi connectivity index (χ2v) is 6.75. The highest BCUT2D eigenvalue weighted by molar-refractivity contribution is 7.89. The van der Waals surface area contributed by atoms with E-state index in [0.29, 0.717) is 12.2 Å². The zero-order valence-electron chi connectivity index (χ0n) is 11.8. The molecule has 0 atom stereocenters. The van der Waals surface area contributed by atoms with Gasteiger partial charge < -0.3 is 4.74 Å². The maximum absolute atomic E-state index is 13.1. The van der Waals surface area contributed by atoms with E-state index in [4.69, 9.17) is 16.3 Å². The normalized spacial score (nSPS) is 11.4. The van der Waals surface area contributed by atoms with E-state index in [-0.39, 0.29) is 16.5 Å². The number of hydrogen-bond donors (Lipinski definition) is 1. The lowest BCUT2D eigenvalue weighted by Gasteiger charge is -2.08. The number of halogens is 2. The number of rotatable bonds is 6. The SMILES string of the molecule is COc1cccc(CCNS(=O)(=O)c2ccc(F)c(Cl)c2)c1. The Balaban J connectivity index is 2.01. The average Bonchev–Trinajstić information content (AvgIpc) is 2.50. The van der Waals surface area contributed by atoms with Gasteiger partial charge in [-0.3, -0.25) is 0 Å². The minimum absolute atomic E-state index is 0.0652. The van der Waals surface area contributed by atoms with E-state index in [9.17, 15) is 12.8 Å². The molecule has 2 rings (SSSR count). The van der Waals surface area contributed by atoms with Gasteiger partial charge in [0.2, 0.25) is 10.0 Å². The summed E-state index contributed by atoms with van der Waals surface area (Å²) in [6, 6.07) is 10.7. The van der Waals surface area contributed by atoms with Gasteiger partial charge in [0.15, 0.2) is 0 Å². The fraction of sp³-hybridized carbons (Fsp3) is 0.200. The van der Waals surface area contributed by atoms with Crippen molar-refractivity contribution in [1.82, 2.24) is 4.72 Å². The zero-order valence-corrected chi connectivity index (χ0v) is 13.4. The quantitative estimate of drug-likeness (QED) is 0.877. The molecule has 0 heterocycles. The predicted octanol–water partition coefficient (Wildman–Crippen LogP) is 3.01. The van der Waals surface area contributed by atoms with Crippen LogP contribution >= 0.6 is 11.6 Å². The molecule has 0 radical (unpaired) electrons. The van der Waals surface area contributed by atoms with Crippen LogP contribution in [0, 0.1) is 5.82 Å². The Hall–Kier alpha value is -1.63. The van der Waals surface area contributed by atoms with Gasteiger partial charge in [-0.05, 0) is 42.3 Å². The smallest absolute Gasteiger partial charge is 0.240 e. The van der Waals surface area contributed by atoms with Crippen molar-refractivity contribution in [3.05, 3.63) is 58.9 Å². The fourth-order valence-electron chi connectivity index (χ4n) is 1.89. The molecular weight excluding hydrogens is 329 g/mol. The molecule has 1 N–H and O–H groups in total. The summed E-state index contributed by atoms with van der Waals surface area (Å²) in [5.74, 6) is 0.0580. The molecule has 2 aromatic rings. The Kier molecular flexibility index (Phi) is 5.39. The number of sulfonamides is 1. The summed E-state index contributed by atoms with van der Waals surface area (Å²) in [5, 5.41) is -0.226. The molecular formula is C15H15ClFNO3S. The Bertz CT molecular complexity index is 765. The summed E-state index contributed by atoms with van der Waals surface area (Å²) in [4.78, 5) is -0.0652. The van der Waals surface area contributed by atoms with Crippen LogP contribution in [0.3, 0.4) is 0 Å². The molecule has 0 saturated carbocycles. The first-order chi connectivity index (χ1) is 10.4. The number of hydrogen-bond acceptors (Lipinski definition) is 3. The lowest BCUT2D eigenvalue weighted by Crippen LogP contribution is -2.26. The molecule has 0 aromatic heterocycles. The number of nitrogens with one attached hydrogen (secondary N) is 1. The summed E-state index contributed by atoms with van der Waals surface area (Å²) in [6.07, 6.45) is 0.505. The predicted molar refractivity (Wildman–Crippen MR) is 83.3 cm³/mol. The summed E-state index contributed by atoms with van der Waals surface area (Å²) < 4.78 is 44.8. The highest BCUT2D eigenvalue weighted by Gasteiger charge is 2.15. The highest BCUT2D eigenvalue weighted by Crippen LogP contribution is 2.19. The van der Waals surface area contributed by atoms with Gasteiger partial charge >= 0.3 is 0 Å². The van der Waals surface area contributed by atoms with Crippen molar-refractivity contribution < 1.29 is 17.5 Å². The van der Waals surface area contributed by atoms with Gasteiger partial charge in [0.25, 0.3) is 0 Å². The minimum atomic E-state index is -3.72. The third kappa shape index (κ3) is 4.19. The van der Waals surface area contributed by atoms with Crippen LogP contribution in [0.5, 0.6) is 5.75 Å². The number of methoxy groups -OCH3 is 1. The molecule has 0 fully saturated rings. The molecule has 0 unspecified atom stereocenters. The van der Waals surface area contributed by atoms with Crippen molar-refractivity contribution in [1.29, 1.82) is 0 Å². The van der Waals surface area contributed by atoms with Crippen molar-refractivity contribution >= 4 is 21.6 Å². The molecule has 0 saturated heterocycles. The van der Waals surface area contributed by atoms with Crippen LogP contribution in [0.25, 0.3) is 0 Å². The lowest BCUT2D eigenvalue weighted by molar-refractivity contribution is 0.414. The van der Waals surface area contributed by atoms with Crippen molar-refractivity contribution in [2.45, 2.75) is 11.3 Å². The van der Waals surface area contributed by atoms with Crippen LogP contribution in [0.4, 0.5) is 4.39 Å². The van der Waals surface area contributed by atoms with Crippen LogP contribution in [0.2, 0.25) is 5.02 Å². The zero-order chi connectivity index (χ0) is 16.2. The third-order valence-electron chi connectivity index (χ3n) is 3.04. The van der Waals surface area contributed by atoms with Crippen molar-refractivity contribution in [3.63, 3.8) is 0 Å². The van der Waals surface area contributed by atoms with Crippen LogP contribution in [0.1, 0.15) is 5.56 Å². The van der Waals surface area contributed by atoms with Crippen molar-refractivity contribution in [3.8, 4) is 5.75 Å². The molecule has 7 heteroatoms. The molecule has 0 aliphatic heterocycles. The second-order valence-electron chi connectivity index (χ2n) is 4.58. The highest BCUT2D eigenvalue weighted by atomic mass is 35.5. The van der Waals surface area contributed by atoms with Gasteiger partial charge in [0.1, 0.15) is 11.6 Å². The molecule has 0 aliphatic rings. The monoisotopic (exact) mass is 343 g/mol. The Labute approximate surface area is 133 Å². The van der Waals surface area contributed by atoms with Crippen LogP contribution in [-0.4, -0.2) is 22.1 Å². The number of benzene rings is 2. The van der Waals surface area contributed by atoms with Gasteiger partial charge in [-0.15, -0.1) is 0 Å². The Morgan fingerprint density at radius 3 is 2.68 bits per heavy atom. The lowest BCUT2D eigenvalue weighted by atomic mass is 10.1. The van der Waals surface area contributed by atoms with Gasteiger partial charge in [-0.2, -0.15) is 0 Å². The van der Waals surface area contributed by atoms with Gasteiger partial charge in [-0.1, -0.05) is 23.7 Å². The van der Waals surface area contributed by atoms with E-state index in [1.165, 1.54) is 6.07 Å². The minimum Gasteiger partial charge on any atom is -0.497 e. The van der Waals surface area contributed by atoms with E-state index < -0.39 is 15.8 Å². The maximum atomic E-state index is 13.1. The maximum Gasteiger partial charge on any atom is 0.240 e. The summed E-state index contributed by atoms with van der Waals surface area (Å²) in [7, 11) is -2.15. The second kappa shape index (κ2) is 7.09. The summed E-state index contributed by atoms with van der Waals surface area (Å²) in [5.41, 5.74) is 0.944. The van der Waals surface area contributed by atoms with E-state index in [1.807, 2.05) is 24.3 Å². The van der Waals surface area contributed by atoms with E-state index in [2.05, 4.69) is 4.72 Å². The first-order valence-corrected chi connectivity index (χ1v) is 8.36. The van der Waals surface area contributed by atoms with Crippen LogP contribution in [0.15, 0.2) is 47.4 Å². The van der Waals surface area contributed by atoms with Gasteiger partial charge in [0.05, 0.1) is 17.0 Å². The average molecular weight is 344 g/mol. The van der Waals surface area contributed by atoms with Gasteiger partial charge in [-0.25, -0.2) is 17.5 Å². The van der Waals surface area contributed by atoms with Crippen LogP contribution < -0.4 is 9.46 Å². The van der Waals surface area contributed by atoms with E-state index in [1.54, 1.807) is 7.11 Å². The molecule has 4 nitrogen and oxygen atoms in total. The Morgan fingerprint density at radius 1 is 1.23 bits per heavy atom. The largest absolute Gasteiger partial charge is 0.497 e. The van der Waals surface area contributed by atoms with Gasteiger partial charge in [0, 0.05) is 6.54 Å². The van der Waals surface area contributed by atoms with Crippen molar-refractivity contribution in [2.75, 3.05) is 13.7 Å². The molecule has 0 spiro atoms. The molecule has 118 valence electrons. The number of ether oxygens (including phenoxy) is 1. The third-order valence-corrected chi connectivity index (χ3v) is 4.79. The molecule has 2 aromatic carbocycles. The first kappa shape index (κ1) is 16.7.